The monoisotopic (exact) mass is 308 g/mol. The quantitative estimate of drug-likeness (QED) is 0.919. The number of nitrogens with one attached hydrogen (secondary N) is 1. The number of morpholine rings is 1. The van der Waals surface area contributed by atoms with Crippen molar-refractivity contribution in [1.29, 1.82) is 0 Å². The highest BCUT2D eigenvalue weighted by molar-refractivity contribution is 7.14. The third kappa shape index (κ3) is 3.68. The summed E-state index contributed by atoms with van der Waals surface area (Å²) in [7, 11) is 2.15. The SMILES string of the molecule is CN1CCOC(CNCc2cc(-c3cccs3)cs2)C1. The number of nitrogens with zero attached hydrogens (tertiary/aromatic N) is 1. The number of ether oxygens (including phenoxy) is 1. The molecule has 0 aliphatic carbocycles. The lowest BCUT2D eigenvalue weighted by Crippen LogP contribution is -2.44. The van der Waals surface area contributed by atoms with Gasteiger partial charge in [0.05, 0.1) is 12.7 Å². The molecule has 3 heterocycles. The smallest absolute Gasteiger partial charge is 0.0826 e. The number of hydrogen-bond acceptors (Lipinski definition) is 5. The van der Waals surface area contributed by atoms with Gasteiger partial charge in [-0.15, -0.1) is 22.7 Å². The van der Waals surface area contributed by atoms with Gasteiger partial charge in [0, 0.05) is 41.5 Å². The van der Waals surface area contributed by atoms with Crippen molar-refractivity contribution in [2.24, 2.45) is 0 Å². The molecule has 1 saturated heterocycles. The zero-order chi connectivity index (χ0) is 13.8. The molecule has 1 N–H and O–H groups in total. The minimum absolute atomic E-state index is 0.325. The van der Waals surface area contributed by atoms with Crippen LogP contribution in [-0.2, 0) is 11.3 Å². The van der Waals surface area contributed by atoms with Gasteiger partial charge in [0.25, 0.3) is 0 Å². The summed E-state index contributed by atoms with van der Waals surface area (Å²) in [4.78, 5) is 5.07. The van der Waals surface area contributed by atoms with Crippen molar-refractivity contribution in [2.45, 2.75) is 12.6 Å². The van der Waals surface area contributed by atoms with Crippen molar-refractivity contribution >= 4 is 22.7 Å². The summed E-state index contributed by atoms with van der Waals surface area (Å²) in [6.07, 6.45) is 0.325. The lowest BCUT2D eigenvalue weighted by Gasteiger charge is -2.30. The number of rotatable bonds is 5. The molecule has 0 bridgehead atoms. The first-order valence-electron chi connectivity index (χ1n) is 6.93. The number of likely N-dealkylation sites (N-methyl/N-ethyl adjacent to an activating group) is 1. The molecule has 1 atom stereocenters. The Hall–Kier alpha value is -0.720. The molecular formula is C15H20N2OS2. The topological polar surface area (TPSA) is 24.5 Å². The van der Waals surface area contributed by atoms with Gasteiger partial charge in [-0.05, 0) is 29.9 Å². The van der Waals surface area contributed by atoms with Crippen molar-refractivity contribution in [3.63, 3.8) is 0 Å². The van der Waals surface area contributed by atoms with Gasteiger partial charge < -0.3 is 15.0 Å². The summed E-state index contributed by atoms with van der Waals surface area (Å²) in [6, 6.07) is 6.57. The van der Waals surface area contributed by atoms with Crippen molar-refractivity contribution < 1.29 is 4.74 Å². The lowest BCUT2D eigenvalue weighted by atomic mass is 10.2. The summed E-state index contributed by atoms with van der Waals surface area (Å²) in [5, 5.41) is 7.88. The molecule has 3 rings (SSSR count). The van der Waals surface area contributed by atoms with Gasteiger partial charge in [0.2, 0.25) is 0 Å². The fourth-order valence-corrected chi connectivity index (χ4v) is 4.04. The van der Waals surface area contributed by atoms with Crippen LogP contribution >= 0.6 is 22.7 Å². The zero-order valence-corrected chi connectivity index (χ0v) is 13.3. The Morgan fingerprint density at radius 1 is 1.45 bits per heavy atom. The van der Waals surface area contributed by atoms with Gasteiger partial charge >= 0.3 is 0 Å². The Morgan fingerprint density at radius 3 is 3.20 bits per heavy atom. The summed E-state index contributed by atoms with van der Waals surface area (Å²) < 4.78 is 5.75. The summed E-state index contributed by atoms with van der Waals surface area (Å²) >= 11 is 3.62. The molecule has 5 heteroatoms. The third-order valence-electron chi connectivity index (χ3n) is 3.47. The Kier molecular flexibility index (Phi) is 4.86. The molecule has 0 saturated carbocycles. The first-order chi connectivity index (χ1) is 9.81. The van der Waals surface area contributed by atoms with Crippen LogP contribution in [0.15, 0.2) is 29.0 Å². The highest BCUT2D eigenvalue weighted by Gasteiger charge is 2.16. The minimum atomic E-state index is 0.325. The maximum Gasteiger partial charge on any atom is 0.0826 e. The van der Waals surface area contributed by atoms with Crippen LogP contribution in [0.5, 0.6) is 0 Å². The van der Waals surface area contributed by atoms with Crippen molar-refractivity contribution in [3.05, 3.63) is 33.8 Å². The molecule has 1 aliphatic rings. The van der Waals surface area contributed by atoms with Crippen LogP contribution in [-0.4, -0.2) is 44.3 Å². The highest BCUT2D eigenvalue weighted by atomic mass is 32.1. The lowest BCUT2D eigenvalue weighted by molar-refractivity contribution is -0.0181. The maximum absolute atomic E-state index is 5.75. The Morgan fingerprint density at radius 2 is 2.40 bits per heavy atom. The van der Waals surface area contributed by atoms with E-state index < -0.39 is 0 Å². The second-order valence-corrected chi connectivity index (χ2v) is 7.11. The molecule has 3 nitrogen and oxygen atoms in total. The first-order valence-corrected chi connectivity index (χ1v) is 8.69. The predicted octanol–water partition coefficient (Wildman–Crippen LogP) is 2.90. The van der Waals surface area contributed by atoms with Crippen molar-refractivity contribution in [2.75, 3.05) is 33.3 Å². The van der Waals surface area contributed by atoms with E-state index in [0.717, 1.165) is 32.8 Å². The molecule has 0 spiro atoms. The van der Waals surface area contributed by atoms with Crippen LogP contribution in [0.3, 0.4) is 0 Å². The van der Waals surface area contributed by atoms with Crippen LogP contribution in [0.2, 0.25) is 0 Å². The maximum atomic E-state index is 5.75. The van der Waals surface area contributed by atoms with E-state index in [1.54, 1.807) is 11.3 Å². The largest absolute Gasteiger partial charge is 0.374 e. The van der Waals surface area contributed by atoms with Crippen LogP contribution in [0.4, 0.5) is 0 Å². The Labute approximate surface area is 128 Å². The second kappa shape index (κ2) is 6.83. The fraction of sp³-hybridized carbons (Fsp3) is 0.467. The summed E-state index contributed by atoms with van der Waals surface area (Å²) in [5.41, 5.74) is 1.34. The van der Waals surface area contributed by atoms with Crippen LogP contribution in [0.25, 0.3) is 10.4 Å². The Balaban J connectivity index is 1.47. The van der Waals surface area contributed by atoms with Gasteiger partial charge in [-0.2, -0.15) is 0 Å². The molecule has 1 aliphatic heterocycles. The normalized spacial score (nSPS) is 20.4. The molecule has 0 aromatic carbocycles. The van der Waals surface area contributed by atoms with Crippen molar-refractivity contribution in [3.8, 4) is 10.4 Å². The minimum Gasteiger partial charge on any atom is -0.374 e. The molecule has 0 radical (unpaired) electrons. The van der Waals surface area contributed by atoms with E-state index in [1.165, 1.54) is 15.3 Å². The van der Waals surface area contributed by atoms with Gasteiger partial charge in [-0.3, -0.25) is 0 Å². The molecule has 1 fully saturated rings. The van der Waals surface area contributed by atoms with Gasteiger partial charge in [0.15, 0.2) is 0 Å². The van der Waals surface area contributed by atoms with E-state index in [0.29, 0.717) is 6.10 Å². The van der Waals surface area contributed by atoms with Crippen LogP contribution in [0.1, 0.15) is 4.88 Å². The second-order valence-electron chi connectivity index (χ2n) is 5.16. The molecule has 1 unspecified atom stereocenters. The van der Waals surface area contributed by atoms with E-state index in [9.17, 15) is 0 Å². The molecular weight excluding hydrogens is 288 g/mol. The standard InChI is InChI=1S/C15H20N2OS2/c1-17-4-5-18-13(10-17)8-16-9-14-7-12(11-20-14)15-3-2-6-19-15/h2-3,6-7,11,13,16H,4-5,8-10H2,1H3. The first kappa shape index (κ1) is 14.2. The van der Waals surface area contributed by atoms with E-state index in [4.69, 9.17) is 4.74 Å². The van der Waals surface area contributed by atoms with Gasteiger partial charge in [-0.1, -0.05) is 6.07 Å². The highest BCUT2D eigenvalue weighted by Crippen LogP contribution is 2.29. The van der Waals surface area contributed by atoms with E-state index >= 15 is 0 Å². The predicted molar refractivity (Wildman–Crippen MR) is 86.6 cm³/mol. The van der Waals surface area contributed by atoms with Gasteiger partial charge in [-0.25, -0.2) is 0 Å². The van der Waals surface area contributed by atoms with Gasteiger partial charge in [0.1, 0.15) is 0 Å². The molecule has 0 amide bonds. The summed E-state index contributed by atoms with van der Waals surface area (Å²) in [6.45, 7) is 4.78. The Bertz CT molecular complexity index is 524. The van der Waals surface area contributed by atoms with Crippen molar-refractivity contribution in [1.82, 2.24) is 10.2 Å². The average Bonchev–Trinajstić information content (AvgIpc) is 3.09. The number of hydrogen-bond donors (Lipinski definition) is 1. The third-order valence-corrected chi connectivity index (χ3v) is 5.33. The molecule has 2 aromatic heterocycles. The summed E-state index contributed by atoms with van der Waals surface area (Å²) in [5.74, 6) is 0. The van der Waals surface area contributed by atoms with E-state index in [-0.39, 0.29) is 0 Å². The average molecular weight is 308 g/mol. The van der Waals surface area contributed by atoms with Crippen LogP contribution < -0.4 is 5.32 Å². The molecule has 108 valence electrons. The zero-order valence-electron chi connectivity index (χ0n) is 11.7. The van der Waals surface area contributed by atoms with E-state index in [2.05, 4.69) is 46.2 Å². The molecule has 2 aromatic rings. The van der Waals surface area contributed by atoms with Crippen LogP contribution in [0, 0.1) is 0 Å². The molecule has 20 heavy (non-hydrogen) atoms. The van der Waals surface area contributed by atoms with E-state index in [1.807, 2.05) is 11.3 Å². The fourth-order valence-electron chi connectivity index (χ4n) is 2.39. The number of thiophene rings is 2.